The number of esters is 1. The minimum atomic E-state index is -4.67. The third-order valence-corrected chi connectivity index (χ3v) is 2.54. The van der Waals surface area contributed by atoms with Crippen LogP contribution in [0.4, 0.5) is 13.2 Å². The van der Waals surface area contributed by atoms with Crippen molar-refractivity contribution in [3.8, 4) is 6.07 Å². The molecule has 0 bridgehead atoms. The summed E-state index contributed by atoms with van der Waals surface area (Å²) in [5.41, 5.74) is -1.86. The van der Waals surface area contributed by atoms with Crippen molar-refractivity contribution < 1.29 is 22.7 Å². The lowest BCUT2D eigenvalue weighted by Crippen LogP contribution is -2.11. The number of carbonyl (C=O) groups excluding carboxylic acids is 1. The highest BCUT2D eigenvalue weighted by Gasteiger charge is 2.36. The van der Waals surface area contributed by atoms with E-state index >= 15 is 0 Å². The molecule has 0 aliphatic rings. The number of carbonyl (C=O) groups is 1. The molecule has 0 saturated heterocycles. The average Bonchev–Trinajstić information content (AvgIpc) is 2.24. The van der Waals surface area contributed by atoms with Gasteiger partial charge >= 0.3 is 12.1 Å². The summed E-state index contributed by atoms with van der Waals surface area (Å²) in [6, 6.07) is 3.22. The van der Waals surface area contributed by atoms with Crippen LogP contribution in [0.2, 0.25) is 0 Å². The van der Waals surface area contributed by atoms with Gasteiger partial charge in [-0.15, -0.1) is 0 Å². The van der Waals surface area contributed by atoms with Crippen molar-refractivity contribution in [3.63, 3.8) is 0 Å². The monoisotopic (exact) mass is 307 g/mol. The summed E-state index contributed by atoms with van der Waals surface area (Å²) in [5.74, 6) is -0.809. The van der Waals surface area contributed by atoms with Gasteiger partial charge < -0.3 is 4.74 Å². The molecule has 0 unspecified atom stereocenters. The van der Waals surface area contributed by atoms with E-state index in [0.717, 1.165) is 19.2 Å². The highest BCUT2D eigenvalue weighted by atomic mass is 79.9. The Morgan fingerprint density at radius 1 is 1.47 bits per heavy atom. The van der Waals surface area contributed by atoms with Crippen molar-refractivity contribution in [1.29, 1.82) is 5.26 Å². The van der Waals surface area contributed by atoms with E-state index in [0.29, 0.717) is 0 Å². The maximum atomic E-state index is 12.6. The van der Waals surface area contributed by atoms with Gasteiger partial charge in [0.1, 0.15) is 0 Å². The zero-order valence-electron chi connectivity index (χ0n) is 8.43. The number of rotatable bonds is 1. The van der Waals surface area contributed by atoms with Gasteiger partial charge in [0.25, 0.3) is 0 Å². The molecule has 1 aromatic carbocycles. The third kappa shape index (κ3) is 2.77. The van der Waals surface area contributed by atoms with Crippen LogP contribution in [0.5, 0.6) is 0 Å². The number of hydrogen-bond acceptors (Lipinski definition) is 3. The third-order valence-electron chi connectivity index (χ3n) is 1.92. The highest BCUT2D eigenvalue weighted by Crippen LogP contribution is 2.37. The molecule has 90 valence electrons. The first kappa shape index (κ1) is 13.5. The van der Waals surface area contributed by atoms with E-state index in [1.165, 1.54) is 6.07 Å². The number of hydrogen-bond donors (Lipinski definition) is 0. The summed E-state index contributed by atoms with van der Waals surface area (Å²) in [5, 5.41) is 8.66. The summed E-state index contributed by atoms with van der Waals surface area (Å²) in [6.45, 7) is 0. The minimum Gasteiger partial charge on any atom is -0.465 e. The van der Waals surface area contributed by atoms with Gasteiger partial charge in [0.2, 0.25) is 0 Å². The minimum absolute atomic E-state index is 0.121. The molecular weight excluding hydrogens is 303 g/mol. The molecule has 0 amide bonds. The van der Waals surface area contributed by atoms with Gasteiger partial charge in [-0.25, -0.2) is 4.79 Å². The van der Waals surface area contributed by atoms with Gasteiger partial charge in [-0.3, -0.25) is 0 Å². The molecule has 17 heavy (non-hydrogen) atoms. The molecule has 0 N–H and O–H groups in total. The largest absolute Gasteiger partial charge is 0.465 e. The Labute approximate surface area is 103 Å². The molecule has 0 atom stereocenters. The fourth-order valence-corrected chi connectivity index (χ4v) is 1.90. The first-order valence-electron chi connectivity index (χ1n) is 4.20. The van der Waals surface area contributed by atoms with Crippen LogP contribution in [0.15, 0.2) is 16.6 Å². The van der Waals surface area contributed by atoms with Gasteiger partial charge in [-0.05, 0) is 12.1 Å². The molecule has 1 rings (SSSR count). The normalized spacial score (nSPS) is 10.8. The van der Waals surface area contributed by atoms with Crippen molar-refractivity contribution in [2.24, 2.45) is 0 Å². The van der Waals surface area contributed by atoms with Gasteiger partial charge in [0.05, 0.1) is 29.9 Å². The Kier molecular flexibility index (Phi) is 3.78. The van der Waals surface area contributed by atoms with E-state index in [9.17, 15) is 18.0 Å². The van der Waals surface area contributed by atoms with Crippen molar-refractivity contribution in [2.75, 3.05) is 7.11 Å². The number of halogens is 4. The first-order valence-corrected chi connectivity index (χ1v) is 4.99. The van der Waals surface area contributed by atoms with Gasteiger partial charge in [0, 0.05) is 4.47 Å². The number of alkyl halides is 3. The molecule has 1 aromatic rings. The lowest BCUT2D eigenvalue weighted by atomic mass is 10.0. The molecule has 0 aliphatic carbocycles. The molecule has 0 heterocycles. The lowest BCUT2D eigenvalue weighted by Gasteiger charge is -2.12. The molecule has 0 spiro atoms. The maximum Gasteiger partial charge on any atom is 0.418 e. The Bertz CT molecular complexity index is 505. The summed E-state index contributed by atoms with van der Waals surface area (Å²) < 4.78 is 41.8. The number of nitrogens with zero attached hydrogens (tertiary/aromatic N) is 1. The van der Waals surface area contributed by atoms with Crippen molar-refractivity contribution in [1.82, 2.24) is 0 Å². The Balaban J connectivity index is 3.48. The van der Waals surface area contributed by atoms with Crippen LogP contribution < -0.4 is 0 Å². The predicted molar refractivity (Wildman–Crippen MR) is 55.2 cm³/mol. The fraction of sp³-hybridized carbons (Fsp3) is 0.200. The van der Waals surface area contributed by atoms with Crippen LogP contribution in [0.25, 0.3) is 0 Å². The van der Waals surface area contributed by atoms with Gasteiger partial charge in [-0.2, -0.15) is 18.4 Å². The Morgan fingerprint density at radius 2 is 2.06 bits per heavy atom. The molecule has 0 saturated carbocycles. The molecular formula is C10H5BrF3NO2. The zero-order valence-corrected chi connectivity index (χ0v) is 10.0. The van der Waals surface area contributed by atoms with E-state index in [-0.39, 0.29) is 10.0 Å². The first-order chi connectivity index (χ1) is 7.81. The molecule has 0 fully saturated rings. The second-order valence-electron chi connectivity index (χ2n) is 2.98. The molecule has 0 aliphatic heterocycles. The van der Waals surface area contributed by atoms with Crippen molar-refractivity contribution in [2.45, 2.75) is 6.18 Å². The van der Waals surface area contributed by atoms with E-state index in [2.05, 4.69) is 20.7 Å². The standard InChI is InChI=1S/C10H5BrF3NO2/c1-17-9(16)5-2-6(4-15)8(7(11)3-5)10(12,13)14/h2-3H,1H3. The molecule has 0 aromatic heterocycles. The molecule has 0 radical (unpaired) electrons. The van der Waals surface area contributed by atoms with Gasteiger partial charge in [0.15, 0.2) is 0 Å². The van der Waals surface area contributed by atoms with Crippen LogP contribution in [0, 0.1) is 11.3 Å². The fourth-order valence-electron chi connectivity index (χ4n) is 1.22. The maximum absolute atomic E-state index is 12.6. The summed E-state index contributed by atoms with van der Waals surface area (Å²) in [4.78, 5) is 11.2. The SMILES string of the molecule is COC(=O)c1cc(Br)c(C(F)(F)F)c(C#N)c1. The number of nitriles is 1. The van der Waals surface area contributed by atoms with Crippen molar-refractivity contribution >= 4 is 21.9 Å². The number of benzene rings is 1. The van der Waals surface area contributed by atoms with E-state index < -0.39 is 23.3 Å². The second kappa shape index (κ2) is 4.75. The van der Waals surface area contributed by atoms with Crippen LogP contribution in [0.1, 0.15) is 21.5 Å². The van der Waals surface area contributed by atoms with Crippen LogP contribution in [-0.2, 0) is 10.9 Å². The zero-order chi connectivity index (χ0) is 13.2. The Hall–Kier alpha value is -1.55. The van der Waals surface area contributed by atoms with E-state index in [1.54, 1.807) is 0 Å². The van der Waals surface area contributed by atoms with Crippen LogP contribution >= 0.6 is 15.9 Å². The average molecular weight is 308 g/mol. The quantitative estimate of drug-likeness (QED) is 0.749. The van der Waals surface area contributed by atoms with Gasteiger partial charge in [-0.1, -0.05) is 15.9 Å². The van der Waals surface area contributed by atoms with Crippen LogP contribution in [0.3, 0.4) is 0 Å². The van der Waals surface area contributed by atoms with Crippen LogP contribution in [-0.4, -0.2) is 13.1 Å². The smallest absolute Gasteiger partial charge is 0.418 e. The number of methoxy groups -OCH3 is 1. The molecule has 3 nitrogen and oxygen atoms in total. The summed E-state index contributed by atoms with van der Waals surface area (Å²) in [7, 11) is 1.10. The Morgan fingerprint density at radius 3 is 2.47 bits per heavy atom. The topological polar surface area (TPSA) is 50.1 Å². The van der Waals surface area contributed by atoms with Crippen molar-refractivity contribution in [3.05, 3.63) is 33.3 Å². The summed E-state index contributed by atoms with van der Waals surface area (Å²) in [6.07, 6.45) is -4.67. The summed E-state index contributed by atoms with van der Waals surface area (Å²) >= 11 is 2.69. The lowest BCUT2D eigenvalue weighted by molar-refractivity contribution is -0.138. The predicted octanol–water partition coefficient (Wildman–Crippen LogP) is 3.13. The highest BCUT2D eigenvalue weighted by molar-refractivity contribution is 9.10. The molecule has 7 heteroatoms. The number of ether oxygens (including phenoxy) is 1. The second-order valence-corrected chi connectivity index (χ2v) is 3.84. The van der Waals surface area contributed by atoms with E-state index in [4.69, 9.17) is 5.26 Å². The van der Waals surface area contributed by atoms with E-state index in [1.807, 2.05) is 0 Å².